The average Bonchev–Trinajstić information content (AvgIpc) is 4.03. The molecule has 1 N–H and O–H groups in total. The van der Waals surface area contributed by atoms with Crippen molar-refractivity contribution < 1.29 is 28.9 Å². The number of carbonyl (C=O) groups excluding carboxylic acids is 1. The van der Waals surface area contributed by atoms with Gasteiger partial charge in [-0.3, -0.25) is 9.59 Å². The van der Waals surface area contributed by atoms with Crippen molar-refractivity contribution in [1.29, 1.82) is 0 Å². The van der Waals surface area contributed by atoms with Crippen LogP contribution in [-0.2, 0) is 49.2 Å². The van der Waals surface area contributed by atoms with E-state index in [2.05, 4.69) is 91.8 Å². The van der Waals surface area contributed by atoms with Gasteiger partial charge in [-0.05, 0) is 140 Å². The van der Waals surface area contributed by atoms with Crippen LogP contribution in [0.4, 0.5) is 0 Å². The van der Waals surface area contributed by atoms with E-state index < -0.39 is 5.97 Å². The van der Waals surface area contributed by atoms with Crippen molar-refractivity contribution in [3.63, 3.8) is 0 Å². The number of rotatable bonds is 14. The smallest absolute Gasteiger partial charge is 0.307 e. The number of aliphatic carboxylic acids is 1. The van der Waals surface area contributed by atoms with Crippen LogP contribution in [0.15, 0.2) is 134 Å². The number of hydrogen-bond donors (Lipinski definition) is 1. The third kappa shape index (κ3) is 11.1. The first-order valence-electron chi connectivity index (χ1n) is 23.1. The van der Waals surface area contributed by atoms with Gasteiger partial charge < -0.3 is 28.5 Å². The molecule has 2 atom stereocenters. The number of carbonyl (C=O) groups is 2. The number of benzene rings is 4. The van der Waals surface area contributed by atoms with Crippen LogP contribution in [0.3, 0.4) is 0 Å². The third-order valence-electron chi connectivity index (χ3n) is 14.1. The van der Waals surface area contributed by atoms with E-state index in [4.69, 9.17) is 14.2 Å². The van der Waals surface area contributed by atoms with E-state index in [1.54, 1.807) is 0 Å². The molecule has 0 aliphatic heterocycles. The zero-order valence-electron chi connectivity index (χ0n) is 39.9. The lowest BCUT2D eigenvalue weighted by molar-refractivity contribution is -0.141. The number of fused-ring (bicyclic) bond motifs is 2. The highest BCUT2D eigenvalue weighted by molar-refractivity contribution is 5.70. The second-order valence-corrected chi connectivity index (χ2v) is 20.7. The van der Waals surface area contributed by atoms with E-state index >= 15 is 0 Å². The van der Waals surface area contributed by atoms with E-state index in [1.807, 2.05) is 107 Å². The Kier molecular flexibility index (Phi) is 13.9. The largest absolute Gasteiger partial charge is 0.489 e. The molecule has 4 aromatic carbocycles. The summed E-state index contributed by atoms with van der Waals surface area (Å²) in [7, 11) is 1.43. The number of nitrogens with zero attached hydrogens (tertiary/aromatic N) is 2. The lowest BCUT2D eigenvalue weighted by Gasteiger charge is -2.42. The van der Waals surface area contributed by atoms with E-state index in [-0.39, 0.29) is 52.6 Å². The number of ether oxygens (including phenoxy) is 3. The van der Waals surface area contributed by atoms with Gasteiger partial charge in [0.15, 0.2) is 0 Å². The molecule has 65 heavy (non-hydrogen) atoms. The number of esters is 1. The Bertz CT molecular complexity index is 2530. The molecule has 2 aromatic heterocycles. The van der Waals surface area contributed by atoms with Gasteiger partial charge in [-0.15, -0.1) is 0 Å². The first-order chi connectivity index (χ1) is 30.8. The quantitative estimate of drug-likeness (QED) is 0.110. The summed E-state index contributed by atoms with van der Waals surface area (Å²) in [6.07, 6.45) is 12.9. The van der Waals surface area contributed by atoms with Gasteiger partial charge in [0.05, 0.1) is 32.0 Å². The molecule has 0 bridgehead atoms. The number of carboxylic acid groups (broad SMARTS) is 1. The SMILES string of the molecule is CC1(C)CCC(C)(C)c2cc(COc3ccc([C@H](CC(=O)O)n4cccc4)cc3)ccc21.COC(=O)C[C@@H](c1ccc(OCc2ccc3c(c2)C(C)(C)CCC3(C)C)cc1)n1cccc1. The fourth-order valence-corrected chi connectivity index (χ4v) is 9.67. The van der Waals surface area contributed by atoms with Gasteiger partial charge in [0.25, 0.3) is 0 Å². The topological polar surface area (TPSA) is 91.9 Å². The van der Waals surface area contributed by atoms with Crippen molar-refractivity contribution in [2.24, 2.45) is 0 Å². The van der Waals surface area contributed by atoms with Crippen molar-refractivity contribution in [1.82, 2.24) is 9.13 Å². The summed E-state index contributed by atoms with van der Waals surface area (Å²) in [4.78, 5) is 23.3. The molecule has 8 nitrogen and oxygen atoms in total. The number of methoxy groups -OCH3 is 1. The van der Waals surface area contributed by atoms with E-state index in [1.165, 1.54) is 66.2 Å². The predicted octanol–water partition coefficient (Wildman–Crippen LogP) is 13.0. The normalized spacial score (nSPS) is 17.2. The van der Waals surface area contributed by atoms with E-state index in [0.717, 1.165) is 22.6 Å². The summed E-state index contributed by atoms with van der Waals surface area (Å²) in [5, 5.41) is 9.32. The molecule has 2 aliphatic rings. The fraction of sp³-hybridized carbons (Fsp3) is 0.404. The maximum Gasteiger partial charge on any atom is 0.307 e. The molecule has 0 fully saturated rings. The Hall–Kier alpha value is -6.02. The molecule has 0 radical (unpaired) electrons. The minimum absolute atomic E-state index is 0.0378. The number of carboxylic acids is 1. The van der Waals surface area contributed by atoms with Crippen LogP contribution in [0.25, 0.3) is 0 Å². The highest BCUT2D eigenvalue weighted by Gasteiger charge is 2.38. The fourth-order valence-electron chi connectivity index (χ4n) is 9.67. The zero-order chi connectivity index (χ0) is 46.6. The summed E-state index contributed by atoms with van der Waals surface area (Å²) in [5.74, 6) is 0.558. The lowest BCUT2D eigenvalue weighted by Crippen LogP contribution is -2.33. The van der Waals surface area contributed by atoms with Crippen LogP contribution in [0.1, 0.15) is 151 Å². The van der Waals surface area contributed by atoms with Crippen molar-refractivity contribution >= 4 is 11.9 Å². The second kappa shape index (κ2) is 19.2. The highest BCUT2D eigenvalue weighted by atomic mass is 16.5. The molecule has 8 heteroatoms. The monoisotopic (exact) mass is 877 g/mol. The summed E-state index contributed by atoms with van der Waals surface area (Å²) in [6.45, 7) is 19.8. The average molecular weight is 877 g/mol. The molecule has 0 amide bonds. The van der Waals surface area contributed by atoms with Crippen molar-refractivity contribution in [3.05, 3.63) is 178 Å². The predicted molar refractivity (Wildman–Crippen MR) is 259 cm³/mol. The van der Waals surface area contributed by atoms with Gasteiger partial charge in [-0.2, -0.15) is 0 Å². The van der Waals surface area contributed by atoms with Crippen molar-refractivity contribution in [2.75, 3.05) is 7.11 Å². The van der Waals surface area contributed by atoms with Crippen LogP contribution < -0.4 is 9.47 Å². The van der Waals surface area contributed by atoms with Crippen molar-refractivity contribution in [2.45, 2.75) is 141 Å². The summed E-state index contributed by atoms with van der Waals surface area (Å²) >= 11 is 0. The minimum Gasteiger partial charge on any atom is -0.489 e. The molecule has 2 heterocycles. The van der Waals surface area contributed by atoms with Crippen LogP contribution in [0.2, 0.25) is 0 Å². The standard InChI is InChI=1S/C29H35NO3.C28H33NO3/c1-28(2)14-15-29(3,4)25-18-21(8-13-24(25)28)20-33-23-11-9-22(10-12-23)26(19-27(31)32-5)30-16-6-7-17-30;1-27(2)13-14-28(3,4)24-17-20(7-12-23(24)27)19-32-22-10-8-21(9-11-22)25(18-26(30)31)29-15-5-6-16-29/h6-13,16-18,26H,14-15,19-20H2,1-5H3;5-12,15-17,25H,13-14,18-19H2,1-4H3,(H,30,31)/t26-;25-/m00/s1. The summed E-state index contributed by atoms with van der Waals surface area (Å²) in [5.41, 5.74) is 11.0. The Labute approximate surface area is 386 Å². The zero-order valence-corrected chi connectivity index (χ0v) is 39.9. The van der Waals surface area contributed by atoms with Crippen LogP contribution in [0, 0.1) is 0 Å². The Morgan fingerprint density at radius 3 is 1.23 bits per heavy atom. The lowest BCUT2D eigenvalue weighted by atomic mass is 9.63. The molecular formula is C57H68N2O6. The summed E-state index contributed by atoms with van der Waals surface area (Å²) in [6, 6.07) is 36.8. The van der Waals surface area contributed by atoms with Crippen molar-refractivity contribution in [3.8, 4) is 11.5 Å². The first-order valence-corrected chi connectivity index (χ1v) is 23.1. The maximum atomic E-state index is 11.9. The van der Waals surface area contributed by atoms with Gasteiger partial charge >= 0.3 is 11.9 Å². The second-order valence-electron chi connectivity index (χ2n) is 20.7. The van der Waals surface area contributed by atoms with E-state index in [0.29, 0.717) is 13.2 Å². The summed E-state index contributed by atoms with van der Waals surface area (Å²) < 4.78 is 21.1. The molecule has 342 valence electrons. The third-order valence-corrected chi connectivity index (χ3v) is 14.1. The van der Waals surface area contributed by atoms with Crippen LogP contribution >= 0.6 is 0 Å². The molecule has 8 rings (SSSR count). The van der Waals surface area contributed by atoms with Crippen LogP contribution in [-0.4, -0.2) is 33.3 Å². The molecule has 0 spiro atoms. The Balaban J connectivity index is 0.000000194. The van der Waals surface area contributed by atoms with Gasteiger partial charge in [-0.1, -0.05) is 116 Å². The maximum absolute atomic E-state index is 11.9. The Morgan fingerprint density at radius 1 is 0.523 bits per heavy atom. The molecule has 0 saturated carbocycles. The molecular weight excluding hydrogens is 809 g/mol. The molecule has 0 saturated heterocycles. The minimum atomic E-state index is -0.817. The van der Waals surface area contributed by atoms with Crippen LogP contribution in [0.5, 0.6) is 11.5 Å². The number of hydrogen-bond acceptors (Lipinski definition) is 5. The molecule has 6 aromatic rings. The number of aromatic nitrogens is 2. The van der Waals surface area contributed by atoms with Gasteiger partial charge in [0.1, 0.15) is 24.7 Å². The molecule has 2 aliphatic carbocycles. The Morgan fingerprint density at radius 2 is 0.877 bits per heavy atom. The van der Waals surface area contributed by atoms with Gasteiger partial charge in [0, 0.05) is 24.8 Å². The molecule has 0 unspecified atom stereocenters. The van der Waals surface area contributed by atoms with Gasteiger partial charge in [-0.25, -0.2) is 0 Å². The van der Waals surface area contributed by atoms with E-state index in [9.17, 15) is 14.7 Å². The first kappa shape index (κ1) is 47.0. The van der Waals surface area contributed by atoms with Gasteiger partial charge in [0.2, 0.25) is 0 Å². The highest BCUT2D eigenvalue weighted by Crippen LogP contribution is 2.47.